The normalized spacial score (nSPS) is 25.5. The molecule has 0 bridgehead atoms. The van der Waals surface area contributed by atoms with E-state index in [0.717, 1.165) is 4.90 Å². The molecule has 2 N–H and O–H groups in total. The topological polar surface area (TPSA) is 63.4 Å². The number of rotatable bonds is 3. The summed E-state index contributed by atoms with van der Waals surface area (Å²) in [4.78, 5) is 1.31. The van der Waals surface area contributed by atoms with Crippen LogP contribution in [0.2, 0.25) is 0 Å². The molecule has 1 aliphatic rings. The summed E-state index contributed by atoms with van der Waals surface area (Å²) in [7, 11) is -3.40. The van der Waals surface area contributed by atoms with Crippen molar-refractivity contribution in [3.05, 3.63) is 24.3 Å². The van der Waals surface area contributed by atoms with Gasteiger partial charge in [-0.15, -0.1) is 11.8 Å². The fourth-order valence-corrected chi connectivity index (χ4v) is 4.21. The van der Waals surface area contributed by atoms with Gasteiger partial charge in [-0.1, -0.05) is 13.0 Å². The Morgan fingerprint density at radius 1 is 1.39 bits per heavy atom. The van der Waals surface area contributed by atoms with Gasteiger partial charge in [0.1, 0.15) is 0 Å². The van der Waals surface area contributed by atoms with Crippen molar-refractivity contribution in [3.8, 4) is 0 Å². The van der Waals surface area contributed by atoms with E-state index in [4.69, 9.17) is 5.73 Å². The van der Waals surface area contributed by atoms with Crippen LogP contribution in [0, 0.1) is 5.92 Å². The fourth-order valence-electron chi connectivity index (χ4n) is 2.05. The van der Waals surface area contributed by atoms with Crippen LogP contribution in [0.25, 0.3) is 0 Å². The van der Waals surface area contributed by atoms with Crippen LogP contribution in [-0.2, 0) is 10.0 Å². The summed E-state index contributed by atoms with van der Waals surface area (Å²) in [6.45, 7) is 2.90. The minimum absolute atomic E-state index is 0.0662. The van der Waals surface area contributed by atoms with Crippen molar-refractivity contribution in [1.82, 2.24) is 4.31 Å². The van der Waals surface area contributed by atoms with Crippen LogP contribution in [0.5, 0.6) is 0 Å². The van der Waals surface area contributed by atoms with Crippen molar-refractivity contribution in [2.45, 2.75) is 22.8 Å². The lowest BCUT2D eigenvalue weighted by atomic mass is 10.1. The molecule has 100 valence electrons. The van der Waals surface area contributed by atoms with Gasteiger partial charge in [-0.05, 0) is 30.4 Å². The van der Waals surface area contributed by atoms with Gasteiger partial charge < -0.3 is 5.73 Å². The first-order valence-corrected chi connectivity index (χ1v) is 8.51. The van der Waals surface area contributed by atoms with Crippen LogP contribution in [0.4, 0.5) is 0 Å². The molecular weight excluding hydrogens is 268 g/mol. The number of hydrogen-bond acceptors (Lipinski definition) is 4. The third-order valence-corrected chi connectivity index (χ3v) is 5.87. The highest BCUT2D eigenvalue weighted by molar-refractivity contribution is 7.98. The molecule has 1 heterocycles. The molecule has 1 saturated heterocycles. The van der Waals surface area contributed by atoms with Crippen molar-refractivity contribution in [1.29, 1.82) is 0 Å². The zero-order chi connectivity index (χ0) is 13.3. The van der Waals surface area contributed by atoms with Gasteiger partial charge in [0, 0.05) is 24.0 Å². The quantitative estimate of drug-likeness (QED) is 0.853. The molecule has 2 rings (SSSR count). The zero-order valence-electron chi connectivity index (χ0n) is 10.5. The summed E-state index contributed by atoms with van der Waals surface area (Å²) in [6.07, 6.45) is 1.93. The number of benzene rings is 1. The second-order valence-electron chi connectivity index (χ2n) is 4.64. The number of thioether (sulfide) groups is 1. The van der Waals surface area contributed by atoms with Crippen molar-refractivity contribution < 1.29 is 8.42 Å². The van der Waals surface area contributed by atoms with Crippen molar-refractivity contribution >= 4 is 21.8 Å². The number of nitrogens with zero attached hydrogens (tertiary/aromatic N) is 1. The smallest absolute Gasteiger partial charge is 0.243 e. The Morgan fingerprint density at radius 2 is 2.11 bits per heavy atom. The van der Waals surface area contributed by atoms with E-state index in [-0.39, 0.29) is 12.0 Å². The van der Waals surface area contributed by atoms with Gasteiger partial charge in [0.05, 0.1) is 4.90 Å². The molecule has 2 atom stereocenters. The average Bonchev–Trinajstić information content (AvgIpc) is 2.70. The van der Waals surface area contributed by atoms with Crippen molar-refractivity contribution in [2.24, 2.45) is 11.7 Å². The molecule has 0 radical (unpaired) electrons. The fraction of sp³-hybridized carbons (Fsp3) is 0.500. The van der Waals surface area contributed by atoms with Crippen molar-refractivity contribution in [3.63, 3.8) is 0 Å². The van der Waals surface area contributed by atoms with Gasteiger partial charge >= 0.3 is 0 Å². The second-order valence-corrected chi connectivity index (χ2v) is 7.46. The monoisotopic (exact) mass is 286 g/mol. The van der Waals surface area contributed by atoms with Crippen LogP contribution in [-0.4, -0.2) is 38.1 Å². The molecule has 1 aliphatic heterocycles. The predicted molar refractivity (Wildman–Crippen MR) is 74.1 cm³/mol. The number of nitrogens with two attached hydrogens (primary N) is 1. The lowest BCUT2D eigenvalue weighted by Crippen LogP contribution is -2.32. The van der Waals surface area contributed by atoms with Crippen LogP contribution < -0.4 is 5.73 Å². The molecule has 1 aromatic rings. The molecule has 0 aromatic heterocycles. The summed E-state index contributed by atoms with van der Waals surface area (Å²) < 4.78 is 26.4. The Hall–Kier alpha value is -0.560. The first kappa shape index (κ1) is 13.9. The van der Waals surface area contributed by atoms with E-state index in [9.17, 15) is 8.42 Å². The standard InChI is InChI=1S/C12H18N2O2S2/c1-9-7-14(8-12(9)13)18(15,16)11-5-3-4-10(6-11)17-2/h3-6,9,12H,7-8,13H2,1-2H3. The molecular formula is C12H18N2O2S2. The minimum atomic E-state index is -3.40. The van der Waals surface area contributed by atoms with E-state index in [0.29, 0.717) is 18.0 Å². The van der Waals surface area contributed by atoms with Gasteiger partial charge in [-0.2, -0.15) is 4.31 Å². The number of hydrogen-bond donors (Lipinski definition) is 1. The zero-order valence-corrected chi connectivity index (χ0v) is 12.2. The third-order valence-electron chi connectivity index (χ3n) is 3.32. The lowest BCUT2D eigenvalue weighted by Gasteiger charge is -2.16. The van der Waals surface area contributed by atoms with Gasteiger partial charge in [0.2, 0.25) is 10.0 Å². The van der Waals surface area contributed by atoms with Crippen LogP contribution in [0.1, 0.15) is 6.92 Å². The summed E-state index contributed by atoms with van der Waals surface area (Å²) in [5, 5.41) is 0. The van der Waals surface area contributed by atoms with Gasteiger partial charge in [0.25, 0.3) is 0 Å². The average molecular weight is 286 g/mol. The Morgan fingerprint density at radius 3 is 2.67 bits per heavy atom. The van der Waals surface area contributed by atoms with E-state index in [1.165, 1.54) is 16.1 Å². The maximum Gasteiger partial charge on any atom is 0.243 e. The molecule has 1 aromatic carbocycles. The van der Waals surface area contributed by atoms with Gasteiger partial charge in [-0.3, -0.25) is 0 Å². The van der Waals surface area contributed by atoms with Gasteiger partial charge in [0.15, 0.2) is 0 Å². The summed E-state index contributed by atoms with van der Waals surface area (Å²) in [6, 6.07) is 6.97. The highest BCUT2D eigenvalue weighted by Crippen LogP contribution is 2.26. The van der Waals surface area contributed by atoms with E-state index in [1.54, 1.807) is 18.2 Å². The highest BCUT2D eigenvalue weighted by atomic mass is 32.2. The Balaban J connectivity index is 2.31. The molecule has 2 unspecified atom stereocenters. The maximum absolute atomic E-state index is 12.5. The lowest BCUT2D eigenvalue weighted by molar-refractivity contribution is 0.464. The summed E-state index contributed by atoms with van der Waals surface area (Å²) in [5.74, 6) is 0.212. The molecule has 0 spiro atoms. The maximum atomic E-state index is 12.5. The van der Waals surface area contributed by atoms with E-state index in [1.807, 2.05) is 19.2 Å². The molecule has 4 nitrogen and oxygen atoms in total. The van der Waals surface area contributed by atoms with Crippen LogP contribution in [0.15, 0.2) is 34.1 Å². The summed E-state index contributed by atoms with van der Waals surface area (Å²) >= 11 is 1.54. The molecule has 1 fully saturated rings. The first-order chi connectivity index (χ1) is 8.45. The van der Waals surface area contributed by atoms with E-state index >= 15 is 0 Å². The van der Waals surface area contributed by atoms with Gasteiger partial charge in [-0.25, -0.2) is 8.42 Å². The minimum Gasteiger partial charge on any atom is -0.326 e. The van der Waals surface area contributed by atoms with E-state index < -0.39 is 10.0 Å². The number of sulfonamides is 1. The first-order valence-electron chi connectivity index (χ1n) is 5.85. The predicted octanol–water partition coefficient (Wildman–Crippen LogP) is 1.38. The Kier molecular flexibility index (Phi) is 4.01. The molecule has 6 heteroatoms. The van der Waals surface area contributed by atoms with Crippen LogP contribution in [0.3, 0.4) is 0 Å². The SMILES string of the molecule is CSc1cccc(S(=O)(=O)N2CC(C)C(N)C2)c1. The third kappa shape index (κ3) is 2.56. The molecule has 0 amide bonds. The molecule has 0 saturated carbocycles. The summed E-state index contributed by atoms with van der Waals surface area (Å²) in [5.41, 5.74) is 5.89. The Bertz CT molecular complexity index is 521. The Labute approximate surface area is 113 Å². The van der Waals surface area contributed by atoms with Crippen LogP contribution >= 0.6 is 11.8 Å². The molecule has 0 aliphatic carbocycles. The second kappa shape index (κ2) is 5.21. The highest BCUT2D eigenvalue weighted by Gasteiger charge is 2.35. The molecule has 18 heavy (non-hydrogen) atoms. The van der Waals surface area contributed by atoms with Crippen molar-refractivity contribution in [2.75, 3.05) is 19.3 Å². The van der Waals surface area contributed by atoms with E-state index in [2.05, 4.69) is 0 Å². The largest absolute Gasteiger partial charge is 0.326 e.